The monoisotopic (exact) mass is 380 g/mol. The predicted molar refractivity (Wildman–Crippen MR) is 111 cm³/mol. The van der Waals surface area contributed by atoms with Gasteiger partial charge in [-0.15, -0.1) is 0 Å². The van der Waals surface area contributed by atoms with Gasteiger partial charge >= 0.3 is 0 Å². The van der Waals surface area contributed by atoms with E-state index in [4.69, 9.17) is 16.0 Å². The molecule has 3 aromatic rings. The first kappa shape index (κ1) is 18.3. The molecule has 0 atom stereocenters. The van der Waals surface area contributed by atoms with Crippen LogP contribution in [-0.2, 0) is 13.1 Å². The van der Waals surface area contributed by atoms with Gasteiger partial charge in [0.05, 0.1) is 6.54 Å². The molecule has 0 aliphatic carbocycles. The topological polar surface area (TPSA) is 28.4 Å². The quantitative estimate of drug-likeness (QED) is 0.624. The molecule has 0 unspecified atom stereocenters. The summed E-state index contributed by atoms with van der Waals surface area (Å²) in [6.07, 6.45) is 2.36. The van der Waals surface area contributed by atoms with Crippen molar-refractivity contribution in [1.82, 2.24) is 10.2 Å². The molecular weight excluding hydrogens is 356 g/mol. The molecule has 0 radical (unpaired) electrons. The maximum atomic E-state index is 5.98. The molecule has 1 aliphatic heterocycles. The summed E-state index contributed by atoms with van der Waals surface area (Å²) in [5.74, 6) is 1.87. The molecule has 4 heteroatoms. The zero-order valence-corrected chi connectivity index (χ0v) is 16.2. The first-order valence-corrected chi connectivity index (χ1v) is 9.98. The second-order valence-electron chi connectivity index (χ2n) is 7.19. The Morgan fingerprint density at radius 1 is 0.926 bits per heavy atom. The first-order chi connectivity index (χ1) is 13.3. The summed E-state index contributed by atoms with van der Waals surface area (Å²) in [7, 11) is 0. The second kappa shape index (κ2) is 8.75. The van der Waals surface area contributed by atoms with Gasteiger partial charge in [0.1, 0.15) is 11.5 Å². The molecule has 140 valence electrons. The number of likely N-dealkylation sites (tertiary alicyclic amines) is 1. The molecule has 1 N–H and O–H groups in total. The Hall–Kier alpha value is -2.07. The molecule has 2 aromatic carbocycles. The van der Waals surface area contributed by atoms with Gasteiger partial charge in [-0.05, 0) is 67.9 Å². The summed E-state index contributed by atoms with van der Waals surface area (Å²) in [5.41, 5.74) is 2.45. The molecule has 27 heavy (non-hydrogen) atoms. The number of piperidine rings is 1. The lowest BCUT2D eigenvalue weighted by Crippen LogP contribution is -2.41. The highest BCUT2D eigenvalue weighted by Crippen LogP contribution is 2.24. The Labute approximate surface area is 166 Å². The molecule has 0 bridgehead atoms. The highest BCUT2D eigenvalue weighted by atomic mass is 35.5. The third kappa shape index (κ3) is 5.01. The van der Waals surface area contributed by atoms with E-state index >= 15 is 0 Å². The number of hydrogen-bond acceptors (Lipinski definition) is 3. The highest BCUT2D eigenvalue weighted by molar-refractivity contribution is 6.30. The predicted octanol–water partition coefficient (Wildman–Crippen LogP) is 5.35. The third-order valence-corrected chi connectivity index (χ3v) is 5.44. The third-order valence-electron chi connectivity index (χ3n) is 5.19. The van der Waals surface area contributed by atoms with Crippen LogP contribution in [0.5, 0.6) is 0 Å². The molecule has 0 amide bonds. The van der Waals surface area contributed by atoms with Crippen molar-refractivity contribution in [2.45, 2.75) is 32.0 Å². The molecule has 2 heterocycles. The van der Waals surface area contributed by atoms with Crippen LogP contribution in [0, 0.1) is 0 Å². The number of rotatable bonds is 6. The van der Waals surface area contributed by atoms with E-state index < -0.39 is 0 Å². The lowest BCUT2D eigenvalue weighted by molar-refractivity contribution is 0.189. The van der Waals surface area contributed by atoms with Crippen LogP contribution in [0.2, 0.25) is 5.02 Å². The van der Waals surface area contributed by atoms with E-state index in [1.54, 1.807) is 0 Å². The minimum absolute atomic E-state index is 0.557. The van der Waals surface area contributed by atoms with Gasteiger partial charge in [-0.2, -0.15) is 0 Å². The van der Waals surface area contributed by atoms with E-state index in [9.17, 15) is 0 Å². The van der Waals surface area contributed by atoms with Gasteiger partial charge in [-0.3, -0.25) is 4.90 Å². The van der Waals surface area contributed by atoms with Crippen molar-refractivity contribution >= 4 is 11.6 Å². The van der Waals surface area contributed by atoms with E-state index in [-0.39, 0.29) is 0 Å². The fraction of sp³-hybridized carbons (Fsp3) is 0.304. The summed E-state index contributed by atoms with van der Waals surface area (Å²) >= 11 is 5.95. The van der Waals surface area contributed by atoms with Gasteiger partial charge in [-0.1, -0.05) is 41.9 Å². The van der Waals surface area contributed by atoms with Crippen molar-refractivity contribution in [2.24, 2.45) is 0 Å². The normalized spacial score (nSPS) is 15.9. The van der Waals surface area contributed by atoms with Crippen molar-refractivity contribution in [1.29, 1.82) is 0 Å². The van der Waals surface area contributed by atoms with Gasteiger partial charge < -0.3 is 9.73 Å². The number of halogens is 1. The molecule has 4 rings (SSSR count). The van der Waals surface area contributed by atoms with E-state index in [0.29, 0.717) is 6.04 Å². The van der Waals surface area contributed by atoms with Gasteiger partial charge in [-0.25, -0.2) is 0 Å². The van der Waals surface area contributed by atoms with Crippen LogP contribution in [0.25, 0.3) is 11.3 Å². The van der Waals surface area contributed by atoms with Gasteiger partial charge in [0, 0.05) is 23.2 Å². The van der Waals surface area contributed by atoms with Crippen molar-refractivity contribution in [3.05, 3.63) is 83.1 Å². The van der Waals surface area contributed by atoms with E-state index in [0.717, 1.165) is 48.3 Å². The van der Waals surface area contributed by atoms with Crippen molar-refractivity contribution < 1.29 is 4.42 Å². The fourth-order valence-corrected chi connectivity index (χ4v) is 3.75. The van der Waals surface area contributed by atoms with Crippen LogP contribution in [0.1, 0.15) is 24.2 Å². The molecule has 1 aliphatic rings. The summed E-state index contributed by atoms with van der Waals surface area (Å²) in [6, 6.07) is 23.1. The van der Waals surface area contributed by atoms with Crippen LogP contribution in [0.15, 0.2) is 71.1 Å². The van der Waals surface area contributed by atoms with Crippen LogP contribution in [-0.4, -0.2) is 24.0 Å². The zero-order chi connectivity index (χ0) is 18.5. The van der Waals surface area contributed by atoms with Crippen molar-refractivity contribution in [3.63, 3.8) is 0 Å². The molecular formula is C23H25ClN2O. The zero-order valence-electron chi connectivity index (χ0n) is 15.4. The fourth-order valence-electron chi connectivity index (χ4n) is 3.62. The second-order valence-corrected chi connectivity index (χ2v) is 7.63. The van der Waals surface area contributed by atoms with E-state index in [1.165, 1.54) is 18.4 Å². The average Bonchev–Trinajstić information content (AvgIpc) is 3.18. The molecule has 1 saturated heterocycles. The van der Waals surface area contributed by atoms with Crippen LogP contribution >= 0.6 is 11.6 Å². The van der Waals surface area contributed by atoms with Gasteiger partial charge in [0.25, 0.3) is 0 Å². The Morgan fingerprint density at radius 2 is 1.67 bits per heavy atom. The number of furan rings is 1. The number of nitrogens with one attached hydrogen (secondary N) is 1. The van der Waals surface area contributed by atoms with Crippen LogP contribution < -0.4 is 5.32 Å². The smallest absolute Gasteiger partial charge is 0.134 e. The largest absolute Gasteiger partial charge is 0.460 e. The van der Waals surface area contributed by atoms with Crippen LogP contribution in [0.3, 0.4) is 0 Å². The highest BCUT2D eigenvalue weighted by Gasteiger charge is 2.19. The maximum Gasteiger partial charge on any atom is 0.134 e. The first-order valence-electron chi connectivity index (χ1n) is 9.60. The Kier molecular flexibility index (Phi) is 5.93. The molecule has 0 spiro atoms. The summed E-state index contributed by atoms with van der Waals surface area (Å²) in [5, 5.41) is 4.40. The number of benzene rings is 2. The summed E-state index contributed by atoms with van der Waals surface area (Å²) in [6.45, 7) is 4.11. The number of nitrogens with zero attached hydrogens (tertiary/aromatic N) is 1. The van der Waals surface area contributed by atoms with Crippen molar-refractivity contribution in [3.8, 4) is 11.3 Å². The minimum atomic E-state index is 0.557. The van der Waals surface area contributed by atoms with Gasteiger partial charge in [0.15, 0.2) is 0 Å². The van der Waals surface area contributed by atoms with E-state index in [2.05, 4.69) is 46.6 Å². The lowest BCUT2D eigenvalue weighted by atomic mass is 10.0. The molecule has 3 nitrogen and oxygen atoms in total. The van der Waals surface area contributed by atoms with E-state index in [1.807, 2.05) is 30.3 Å². The maximum absolute atomic E-state index is 5.98. The Bertz CT molecular complexity index is 836. The Balaban J connectivity index is 1.24. The van der Waals surface area contributed by atoms with Crippen molar-refractivity contribution in [2.75, 3.05) is 13.1 Å². The molecule has 1 aromatic heterocycles. The standard InChI is InChI=1S/C23H25ClN2O/c24-20-8-6-19(7-9-20)23-11-10-22(27-23)16-25-21-12-14-26(15-13-21)17-18-4-2-1-3-5-18/h1-11,21,25H,12-17H2. The number of hydrogen-bond donors (Lipinski definition) is 1. The SMILES string of the molecule is Clc1ccc(-c2ccc(CNC3CCN(Cc4ccccc4)CC3)o2)cc1. The lowest BCUT2D eigenvalue weighted by Gasteiger charge is -2.32. The summed E-state index contributed by atoms with van der Waals surface area (Å²) in [4.78, 5) is 2.54. The molecule has 0 saturated carbocycles. The van der Waals surface area contributed by atoms with Crippen LogP contribution in [0.4, 0.5) is 0 Å². The van der Waals surface area contributed by atoms with Gasteiger partial charge in [0.2, 0.25) is 0 Å². The Morgan fingerprint density at radius 3 is 2.41 bits per heavy atom. The minimum Gasteiger partial charge on any atom is -0.460 e. The summed E-state index contributed by atoms with van der Waals surface area (Å²) < 4.78 is 5.98. The average molecular weight is 381 g/mol. The molecule has 1 fully saturated rings.